The molecule has 1 atom stereocenters. The Kier molecular flexibility index (Phi) is 8.60. The van der Waals surface area contributed by atoms with E-state index in [1.807, 2.05) is 0 Å². The van der Waals surface area contributed by atoms with Crippen molar-refractivity contribution in [3.05, 3.63) is 72.6 Å². The third-order valence-electron chi connectivity index (χ3n) is 7.40. The normalized spacial score (nSPS) is 16.3. The molecule has 0 radical (unpaired) electrons. The molecule has 8 nitrogen and oxygen atoms in total. The molecule has 0 spiro atoms. The van der Waals surface area contributed by atoms with Crippen LogP contribution in [0.3, 0.4) is 0 Å². The minimum absolute atomic E-state index is 0.00496. The Bertz CT molecular complexity index is 1520. The summed E-state index contributed by atoms with van der Waals surface area (Å²) in [5.74, 6) is 0.220. The molecule has 43 heavy (non-hydrogen) atoms. The number of halogens is 6. The van der Waals surface area contributed by atoms with Crippen LogP contribution in [0.4, 0.5) is 49.2 Å². The zero-order valence-electron chi connectivity index (χ0n) is 22.7. The van der Waals surface area contributed by atoms with Gasteiger partial charge in [-0.15, -0.1) is 0 Å². The molecule has 5 rings (SSSR count). The van der Waals surface area contributed by atoms with Crippen molar-refractivity contribution in [2.24, 2.45) is 0 Å². The van der Waals surface area contributed by atoms with Gasteiger partial charge < -0.3 is 15.4 Å². The third-order valence-corrected chi connectivity index (χ3v) is 7.40. The molecule has 0 aliphatic carbocycles. The molecule has 2 aromatic carbocycles. The van der Waals surface area contributed by atoms with Crippen LogP contribution in [0, 0.1) is 0 Å². The number of piperidine rings is 1. The van der Waals surface area contributed by atoms with Crippen LogP contribution in [0.15, 0.2) is 67.0 Å². The molecule has 1 unspecified atom stereocenters. The number of fused-ring (bicyclic) bond motifs is 1. The summed E-state index contributed by atoms with van der Waals surface area (Å²) in [5.41, 5.74) is -4.13. The SMILES string of the molecule is O=CN(c1ccc(C(OCCC2CCCCN2)(C(F)(F)F)C(F)(F)F)cc1)c1cccnc1Nc1ccc2cn[nH]c2c1. The van der Waals surface area contributed by atoms with Gasteiger partial charge in [-0.25, -0.2) is 4.98 Å². The van der Waals surface area contributed by atoms with Crippen LogP contribution in [0.2, 0.25) is 0 Å². The summed E-state index contributed by atoms with van der Waals surface area (Å²) in [6, 6.07) is 11.6. The fourth-order valence-electron chi connectivity index (χ4n) is 5.21. The first-order chi connectivity index (χ1) is 20.5. The standard InChI is InChI=1S/C29H28F6N6O2/c30-28(31,32)27(29(33,34)35,43-15-12-21-4-1-2-13-36-21)20-7-10-23(11-8-20)41(18-42)25-5-3-14-37-26(25)39-22-9-6-19-17-38-40-24(19)16-22/h3,5-11,14,16-18,21,36H,1-2,4,12-13,15H2,(H,37,39)(H,38,40). The van der Waals surface area contributed by atoms with Crippen molar-refractivity contribution in [1.29, 1.82) is 0 Å². The van der Waals surface area contributed by atoms with E-state index in [4.69, 9.17) is 4.74 Å². The highest BCUT2D eigenvalue weighted by Crippen LogP contribution is 2.53. The number of hydrogen-bond acceptors (Lipinski definition) is 6. The maximum Gasteiger partial charge on any atom is 0.430 e. The molecule has 1 aliphatic heterocycles. The van der Waals surface area contributed by atoms with Gasteiger partial charge in [-0.2, -0.15) is 31.4 Å². The lowest BCUT2D eigenvalue weighted by molar-refractivity contribution is -0.389. The van der Waals surface area contributed by atoms with Crippen molar-refractivity contribution in [3.8, 4) is 0 Å². The van der Waals surface area contributed by atoms with Gasteiger partial charge >= 0.3 is 12.4 Å². The largest absolute Gasteiger partial charge is 0.430 e. The van der Waals surface area contributed by atoms with Gasteiger partial charge in [0.15, 0.2) is 5.82 Å². The summed E-state index contributed by atoms with van der Waals surface area (Å²) in [6.07, 6.45) is -5.74. The Balaban J connectivity index is 1.43. The highest BCUT2D eigenvalue weighted by Gasteiger charge is 2.73. The molecule has 228 valence electrons. The minimum atomic E-state index is -5.81. The van der Waals surface area contributed by atoms with Gasteiger partial charge in [0.25, 0.3) is 5.60 Å². The van der Waals surface area contributed by atoms with Gasteiger partial charge in [0.1, 0.15) is 0 Å². The molecule has 2 aromatic heterocycles. The van der Waals surface area contributed by atoms with Gasteiger partial charge in [-0.1, -0.05) is 18.6 Å². The predicted molar refractivity (Wildman–Crippen MR) is 148 cm³/mol. The maximum absolute atomic E-state index is 14.3. The number of pyridine rings is 1. The first-order valence-electron chi connectivity index (χ1n) is 13.5. The van der Waals surface area contributed by atoms with Gasteiger partial charge in [0.05, 0.1) is 24.0 Å². The van der Waals surface area contributed by atoms with Crippen LogP contribution in [0.25, 0.3) is 10.9 Å². The van der Waals surface area contributed by atoms with E-state index < -0.39 is 30.1 Å². The number of carbonyl (C=O) groups is 1. The van der Waals surface area contributed by atoms with Gasteiger partial charge in [0.2, 0.25) is 6.41 Å². The number of carbonyl (C=O) groups excluding carboxylic acids is 1. The number of aromatic amines is 1. The third kappa shape index (κ3) is 6.15. The summed E-state index contributed by atoms with van der Waals surface area (Å²) in [5, 5.41) is 13.8. The van der Waals surface area contributed by atoms with Gasteiger partial charge in [-0.05, 0) is 68.3 Å². The number of anilines is 4. The topological polar surface area (TPSA) is 95.2 Å². The van der Waals surface area contributed by atoms with E-state index in [-0.39, 0.29) is 29.7 Å². The van der Waals surface area contributed by atoms with Crippen molar-refractivity contribution in [1.82, 2.24) is 20.5 Å². The first kappa shape index (κ1) is 30.3. The quantitative estimate of drug-likeness (QED) is 0.135. The van der Waals surface area contributed by atoms with Crippen molar-refractivity contribution < 1.29 is 35.9 Å². The maximum atomic E-state index is 14.3. The Morgan fingerprint density at radius 3 is 2.47 bits per heavy atom. The smallest absolute Gasteiger partial charge is 0.354 e. The lowest BCUT2D eigenvalue weighted by Gasteiger charge is -2.38. The second kappa shape index (κ2) is 12.2. The van der Waals surface area contributed by atoms with Crippen LogP contribution >= 0.6 is 0 Å². The van der Waals surface area contributed by atoms with E-state index in [0.717, 1.165) is 40.8 Å². The molecule has 1 amide bonds. The summed E-state index contributed by atoms with van der Waals surface area (Å²) in [4.78, 5) is 17.5. The minimum Gasteiger partial charge on any atom is -0.354 e. The number of nitrogens with one attached hydrogen (secondary N) is 3. The molecular weight excluding hydrogens is 578 g/mol. The number of benzene rings is 2. The van der Waals surface area contributed by atoms with E-state index in [2.05, 4.69) is 25.8 Å². The molecule has 14 heteroatoms. The number of aromatic nitrogens is 3. The van der Waals surface area contributed by atoms with E-state index in [9.17, 15) is 31.1 Å². The molecule has 3 N–H and O–H groups in total. The molecule has 1 saturated heterocycles. The van der Waals surface area contributed by atoms with Gasteiger partial charge in [-0.3, -0.25) is 14.8 Å². The number of hydrogen-bond donors (Lipinski definition) is 3. The van der Waals surface area contributed by atoms with Crippen molar-refractivity contribution in [3.63, 3.8) is 0 Å². The number of alkyl halides is 6. The fraction of sp³-hybridized carbons (Fsp3) is 0.345. The lowest BCUT2D eigenvalue weighted by atomic mass is 9.91. The first-order valence-corrected chi connectivity index (χ1v) is 13.5. The number of H-pyrrole nitrogens is 1. The molecule has 1 aliphatic rings. The monoisotopic (exact) mass is 606 g/mol. The number of ether oxygens (including phenoxy) is 1. The molecule has 0 saturated carbocycles. The Labute approximate surface area is 242 Å². The highest BCUT2D eigenvalue weighted by atomic mass is 19.4. The summed E-state index contributed by atoms with van der Waals surface area (Å²) in [6.45, 7) is -0.106. The van der Waals surface area contributed by atoms with Crippen molar-refractivity contribution >= 4 is 40.2 Å². The summed E-state index contributed by atoms with van der Waals surface area (Å²) >= 11 is 0. The molecule has 3 heterocycles. The average Bonchev–Trinajstić information content (AvgIpc) is 3.44. The lowest BCUT2D eigenvalue weighted by Crippen LogP contribution is -2.56. The molecule has 4 aromatic rings. The zero-order chi connectivity index (χ0) is 30.7. The number of nitrogens with zero attached hydrogens (tertiary/aromatic N) is 3. The van der Waals surface area contributed by atoms with Gasteiger partial charge in [0, 0.05) is 34.6 Å². The Hall–Kier alpha value is -4.17. The van der Waals surface area contributed by atoms with E-state index >= 15 is 0 Å². The highest BCUT2D eigenvalue weighted by molar-refractivity contribution is 5.92. The van der Waals surface area contributed by atoms with Crippen molar-refractivity contribution in [2.75, 3.05) is 23.4 Å². The van der Waals surface area contributed by atoms with E-state index in [0.29, 0.717) is 37.2 Å². The fourth-order valence-corrected chi connectivity index (χ4v) is 5.21. The predicted octanol–water partition coefficient (Wildman–Crippen LogP) is 6.86. The van der Waals surface area contributed by atoms with E-state index in [1.165, 1.54) is 18.3 Å². The number of rotatable bonds is 10. The van der Waals surface area contributed by atoms with Crippen LogP contribution in [0.5, 0.6) is 0 Å². The molecule has 0 bridgehead atoms. The van der Waals surface area contributed by atoms with E-state index in [1.54, 1.807) is 24.4 Å². The Morgan fingerprint density at radius 2 is 1.79 bits per heavy atom. The second-order valence-electron chi connectivity index (χ2n) is 10.2. The molecule has 1 fully saturated rings. The van der Waals surface area contributed by atoms with Crippen LogP contribution in [-0.4, -0.2) is 53.1 Å². The molecular formula is C29H28F6N6O2. The van der Waals surface area contributed by atoms with Crippen molar-refractivity contribution in [2.45, 2.75) is 49.7 Å². The second-order valence-corrected chi connectivity index (χ2v) is 10.2. The Morgan fingerprint density at radius 1 is 1.02 bits per heavy atom. The van der Waals surface area contributed by atoms with Crippen LogP contribution < -0.4 is 15.5 Å². The summed E-state index contributed by atoms with van der Waals surface area (Å²) in [7, 11) is 0. The average molecular weight is 607 g/mol. The zero-order valence-corrected chi connectivity index (χ0v) is 22.7. The van der Waals surface area contributed by atoms with Crippen LogP contribution in [-0.2, 0) is 15.1 Å². The number of amides is 1. The van der Waals surface area contributed by atoms with Crippen LogP contribution in [0.1, 0.15) is 31.2 Å². The summed E-state index contributed by atoms with van der Waals surface area (Å²) < 4.78 is 90.6.